The third kappa shape index (κ3) is 4.93. The molecule has 0 radical (unpaired) electrons. The van der Waals surface area contributed by atoms with Gasteiger partial charge in [-0.3, -0.25) is 14.4 Å². The van der Waals surface area contributed by atoms with Gasteiger partial charge in [0, 0.05) is 16.3 Å². The molecular weight excluding hydrogens is 497 g/mol. The molecule has 1 aliphatic heterocycles. The van der Waals surface area contributed by atoms with E-state index < -0.39 is 17.6 Å². The molecule has 2 heterocycles. The number of hydrogen-bond acceptors (Lipinski definition) is 6. The minimum absolute atomic E-state index is 0.135. The number of anilines is 3. The Morgan fingerprint density at radius 2 is 1.53 bits per heavy atom. The van der Waals surface area contributed by atoms with Gasteiger partial charge in [-0.1, -0.05) is 36.0 Å². The van der Waals surface area contributed by atoms with Crippen LogP contribution < -0.4 is 15.5 Å². The molecule has 0 spiro atoms. The van der Waals surface area contributed by atoms with E-state index in [9.17, 15) is 18.8 Å². The summed E-state index contributed by atoms with van der Waals surface area (Å²) in [4.78, 5) is 41.6. The lowest BCUT2D eigenvalue weighted by Crippen LogP contribution is -2.32. The van der Waals surface area contributed by atoms with E-state index in [0.717, 1.165) is 16.7 Å². The summed E-state index contributed by atoms with van der Waals surface area (Å²) in [5, 5.41) is 7.74. The van der Waals surface area contributed by atoms with E-state index in [4.69, 9.17) is 0 Å². The first-order chi connectivity index (χ1) is 17.5. The van der Waals surface area contributed by atoms with Crippen LogP contribution in [0.1, 0.15) is 9.67 Å². The highest BCUT2D eigenvalue weighted by molar-refractivity contribution is 8.04. The fourth-order valence-electron chi connectivity index (χ4n) is 3.53. The lowest BCUT2D eigenvalue weighted by Gasteiger charge is -2.15. The summed E-state index contributed by atoms with van der Waals surface area (Å²) in [7, 11) is 0. The van der Waals surface area contributed by atoms with Gasteiger partial charge in [0.15, 0.2) is 0 Å². The van der Waals surface area contributed by atoms with Crippen LogP contribution in [0.2, 0.25) is 0 Å². The Labute approximate surface area is 214 Å². The molecule has 0 unspecified atom stereocenters. The number of rotatable bonds is 7. The van der Waals surface area contributed by atoms with Crippen molar-refractivity contribution in [2.45, 2.75) is 4.90 Å². The zero-order valence-corrected chi connectivity index (χ0v) is 20.2. The molecular formula is C27H18FN3O3S2. The van der Waals surface area contributed by atoms with Gasteiger partial charge in [-0.2, -0.15) is 0 Å². The Kier molecular flexibility index (Phi) is 6.66. The lowest BCUT2D eigenvalue weighted by atomic mass is 10.3. The van der Waals surface area contributed by atoms with Gasteiger partial charge in [0.2, 0.25) is 0 Å². The van der Waals surface area contributed by atoms with Gasteiger partial charge in [-0.15, -0.1) is 11.3 Å². The minimum Gasteiger partial charge on any atom is -0.350 e. The zero-order chi connectivity index (χ0) is 25.1. The van der Waals surface area contributed by atoms with E-state index in [-0.39, 0.29) is 22.2 Å². The Hall–Kier alpha value is -4.21. The predicted molar refractivity (Wildman–Crippen MR) is 141 cm³/mol. The fraction of sp³-hybridized carbons (Fsp3) is 0. The number of nitrogens with one attached hydrogen (secondary N) is 2. The number of thioether (sulfide) groups is 1. The molecule has 4 aromatic rings. The van der Waals surface area contributed by atoms with Crippen molar-refractivity contribution in [3.63, 3.8) is 0 Å². The van der Waals surface area contributed by atoms with Crippen LogP contribution in [0.25, 0.3) is 0 Å². The third-order valence-corrected chi connectivity index (χ3v) is 7.21. The summed E-state index contributed by atoms with van der Waals surface area (Å²) >= 11 is 2.49. The van der Waals surface area contributed by atoms with Gasteiger partial charge in [0.05, 0.1) is 10.6 Å². The van der Waals surface area contributed by atoms with Gasteiger partial charge in [-0.05, 0) is 72.1 Å². The van der Waals surface area contributed by atoms with Crippen LogP contribution in [0.3, 0.4) is 0 Å². The molecule has 5 rings (SSSR count). The average Bonchev–Trinajstić information content (AvgIpc) is 3.51. The van der Waals surface area contributed by atoms with Crippen LogP contribution in [0.15, 0.2) is 112 Å². The molecule has 0 saturated carbocycles. The second-order valence-corrected chi connectivity index (χ2v) is 9.71. The van der Waals surface area contributed by atoms with E-state index in [1.165, 1.54) is 35.6 Å². The standard InChI is InChI=1S/C27H18FN3O3S2/c28-17-8-12-20(13-9-17)31-26(33)23(29-18-5-2-1-3-6-18)24(27(31)34)36-21-14-10-19(11-15-21)30-25(32)22-7-4-16-35-22/h1-16,29H,(H,30,32). The normalized spacial score (nSPS) is 13.3. The number of benzene rings is 3. The number of amides is 3. The molecule has 1 aromatic heterocycles. The number of imide groups is 1. The van der Waals surface area contributed by atoms with Crippen molar-refractivity contribution in [2.75, 3.05) is 15.5 Å². The first-order valence-electron chi connectivity index (χ1n) is 10.8. The molecule has 3 amide bonds. The maximum absolute atomic E-state index is 13.4. The van der Waals surface area contributed by atoms with Gasteiger partial charge in [0.1, 0.15) is 16.4 Å². The third-order valence-electron chi connectivity index (χ3n) is 5.25. The van der Waals surface area contributed by atoms with Crippen LogP contribution in [-0.4, -0.2) is 17.7 Å². The first-order valence-corrected chi connectivity index (χ1v) is 12.5. The maximum Gasteiger partial charge on any atom is 0.283 e. The van der Waals surface area contributed by atoms with Gasteiger partial charge in [-0.25, -0.2) is 9.29 Å². The Bertz CT molecular complexity index is 1450. The van der Waals surface area contributed by atoms with E-state index >= 15 is 0 Å². The highest BCUT2D eigenvalue weighted by Crippen LogP contribution is 2.38. The molecule has 6 nitrogen and oxygen atoms in total. The summed E-state index contributed by atoms with van der Waals surface area (Å²) in [6.07, 6.45) is 0. The number of para-hydroxylation sites is 1. The number of thiophene rings is 1. The largest absolute Gasteiger partial charge is 0.350 e. The molecule has 0 atom stereocenters. The highest BCUT2D eigenvalue weighted by Gasteiger charge is 2.40. The Balaban J connectivity index is 1.41. The number of carbonyl (C=O) groups is 3. The first kappa shape index (κ1) is 23.5. The van der Waals surface area contributed by atoms with Crippen LogP contribution in [0, 0.1) is 5.82 Å². The van der Waals surface area contributed by atoms with Crippen molar-refractivity contribution in [3.8, 4) is 0 Å². The number of carbonyl (C=O) groups excluding carboxylic acids is 3. The number of halogens is 1. The average molecular weight is 516 g/mol. The van der Waals surface area contributed by atoms with Crippen molar-refractivity contribution in [2.24, 2.45) is 0 Å². The lowest BCUT2D eigenvalue weighted by molar-refractivity contribution is -0.120. The molecule has 1 aliphatic rings. The maximum atomic E-state index is 13.4. The second kappa shape index (κ2) is 10.2. The van der Waals surface area contributed by atoms with Crippen LogP contribution >= 0.6 is 23.1 Å². The molecule has 3 aromatic carbocycles. The van der Waals surface area contributed by atoms with E-state index in [1.54, 1.807) is 42.5 Å². The number of nitrogens with zero attached hydrogens (tertiary/aromatic N) is 1. The van der Waals surface area contributed by atoms with Crippen molar-refractivity contribution in [1.29, 1.82) is 0 Å². The van der Waals surface area contributed by atoms with Crippen molar-refractivity contribution in [1.82, 2.24) is 0 Å². The molecule has 0 fully saturated rings. The van der Waals surface area contributed by atoms with Crippen molar-refractivity contribution in [3.05, 3.63) is 118 Å². The Morgan fingerprint density at radius 1 is 0.806 bits per heavy atom. The van der Waals surface area contributed by atoms with E-state index in [2.05, 4.69) is 10.6 Å². The van der Waals surface area contributed by atoms with E-state index in [1.807, 2.05) is 29.6 Å². The van der Waals surface area contributed by atoms with Crippen LogP contribution in [0.4, 0.5) is 21.5 Å². The molecule has 0 saturated heterocycles. The topological polar surface area (TPSA) is 78.5 Å². The second-order valence-electron chi connectivity index (χ2n) is 7.68. The molecule has 9 heteroatoms. The molecule has 36 heavy (non-hydrogen) atoms. The fourth-order valence-corrected chi connectivity index (χ4v) is 5.08. The van der Waals surface area contributed by atoms with Crippen LogP contribution in [0.5, 0.6) is 0 Å². The van der Waals surface area contributed by atoms with Gasteiger partial charge < -0.3 is 10.6 Å². The monoisotopic (exact) mass is 515 g/mol. The molecule has 2 N–H and O–H groups in total. The number of hydrogen-bond donors (Lipinski definition) is 2. The SMILES string of the molecule is O=C(Nc1ccc(SC2=C(Nc3ccccc3)C(=O)N(c3ccc(F)cc3)C2=O)cc1)c1cccs1. The minimum atomic E-state index is -0.530. The summed E-state index contributed by atoms with van der Waals surface area (Å²) in [6.45, 7) is 0. The summed E-state index contributed by atoms with van der Waals surface area (Å²) < 4.78 is 13.4. The van der Waals surface area contributed by atoms with Crippen molar-refractivity contribution < 1.29 is 18.8 Å². The van der Waals surface area contributed by atoms with Crippen molar-refractivity contribution >= 4 is 57.9 Å². The zero-order valence-electron chi connectivity index (χ0n) is 18.6. The highest BCUT2D eigenvalue weighted by atomic mass is 32.2. The smallest absolute Gasteiger partial charge is 0.283 e. The van der Waals surface area contributed by atoms with Gasteiger partial charge in [0.25, 0.3) is 17.7 Å². The Morgan fingerprint density at radius 3 is 2.19 bits per heavy atom. The quantitative estimate of drug-likeness (QED) is 0.290. The van der Waals surface area contributed by atoms with E-state index in [0.29, 0.717) is 21.1 Å². The van der Waals surface area contributed by atoms with Crippen LogP contribution in [-0.2, 0) is 9.59 Å². The molecule has 0 bridgehead atoms. The summed E-state index contributed by atoms with van der Waals surface area (Å²) in [6, 6.07) is 24.8. The van der Waals surface area contributed by atoms with Gasteiger partial charge >= 0.3 is 0 Å². The predicted octanol–water partition coefficient (Wildman–Crippen LogP) is 6.13. The molecule has 178 valence electrons. The molecule has 0 aliphatic carbocycles. The summed E-state index contributed by atoms with van der Waals surface area (Å²) in [5.74, 6) is -1.70. The summed E-state index contributed by atoms with van der Waals surface area (Å²) in [5.41, 5.74) is 1.67.